The molecule has 0 aromatic heterocycles. The minimum Gasteiger partial charge on any atom is -0.330 e. The number of anilines is 1. The Labute approximate surface area is 148 Å². The lowest BCUT2D eigenvalue weighted by atomic mass is 10.0. The van der Waals surface area contributed by atoms with Crippen LogP contribution < -0.4 is 10.6 Å². The van der Waals surface area contributed by atoms with Gasteiger partial charge in [0.15, 0.2) is 0 Å². The zero-order valence-corrected chi connectivity index (χ0v) is 15.0. The van der Waals surface area contributed by atoms with E-state index in [1.165, 1.54) is 0 Å². The standard InChI is InChI=1S/C18H26ClN3O2/c1-2-3-5-16-12-21(15-9-7-14(19)8-10-15)18(24)13-22(16)17(23)6-4-11-20/h7-10,16H,2-6,11-13,20H2,1H3/t16-/m0/s1. The molecule has 1 saturated heterocycles. The highest BCUT2D eigenvalue weighted by atomic mass is 35.5. The minimum absolute atomic E-state index is 0.0330. The molecule has 1 heterocycles. The first-order valence-corrected chi connectivity index (χ1v) is 9.00. The molecular formula is C18H26ClN3O2. The first kappa shape index (κ1) is 18.7. The molecule has 1 aromatic carbocycles. The number of halogens is 1. The number of carbonyl (C=O) groups excluding carboxylic acids is 2. The average Bonchev–Trinajstić information content (AvgIpc) is 2.59. The number of benzene rings is 1. The van der Waals surface area contributed by atoms with Gasteiger partial charge in [0.1, 0.15) is 6.54 Å². The zero-order chi connectivity index (χ0) is 17.5. The number of rotatable bonds is 7. The van der Waals surface area contributed by atoms with E-state index in [9.17, 15) is 9.59 Å². The van der Waals surface area contributed by atoms with Crippen LogP contribution in [0.3, 0.4) is 0 Å². The Balaban J connectivity index is 2.14. The third-order valence-corrected chi connectivity index (χ3v) is 4.64. The van der Waals surface area contributed by atoms with E-state index in [2.05, 4.69) is 6.92 Å². The molecular weight excluding hydrogens is 326 g/mol. The molecule has 2 amide bonds. The second-order valence-electron chi connectivity index (χ2n) is 6.19. The zero-order valence-electron chi connectivity index (χ0n) is 14.2. The van der Waals surface area contributed by atoms with Crippen molar-refractivity contribution in [1.82, 2.24) is 4.90 Å². The summed E-state index contributed by atoms with van der Waals surface area (Å²) in [6.45, 7) is 3.30. The number of carbonyl (C=O) groups is 2. The van der Waals surface area contributed by atoms with Crippen LogP contribution in [0.2, 0.25) is 5.02 Å². The second kappa shape index (κ2) is 9.04. The summed E-state index contributed by atoms with van der Waals surface area (Å²) in [6.07, 6.45) is 4.07. The number of unbranched alkanes of at least 4 members (excludes halogenated alkanes) is 1. The van der Waals surface area contributed by atoms with Crippen LogP contribution in [-0.2, 0) is 9.59 Å². The first-order chi connectivity index (χ1) is 11.6. The second-order valence-corrected chi connectivity index (χ2v) is 6.63. The van der Waals surface area contributed by atoms with Gasteiger partial charge < -0.3 is 15.5 Å². The summed E-state index contributed by atoms with van der Waals surface area (Å²) in [5, 5.41) is 0.643. The van der Waals surface area contributed by atoms with Crippen LogP contribution in [0.25, 0.3) is 0 Å². The number of hydrogen-bond donors (Lipinski definition) is 1. The topological polar surface area (TPSA) is 66.6 Å². The van der Waals surface area contributed by atoms with Gasteiger partial charge in [0.2, 0.25) is 11.8 Å². The molecule has 1 atom stereocenters. The van der Waals surface area contributed by atoms with E-state index in [-0.39, 0.29) is 24.4 Å². The maximum Gasteiger partial charge on any atom is 0.246 e. The Morgan fingerprint density at radius 2 is 2.00 bits per heavy atom. The molecule has 2 N–H and O–H groups in total. The van der Waals surface area contributed by atoms with Crippen molar-refractivity contribution in [3.8, 4) is 0 Å². The molecule has 0 spiro atoms. The van der Waals surface area contributed by atoms with Crippen molar-refractivity contribution in [2.45, 2.75) is 45.1 Å². The number of nitrogens with two attached hydrogens (primary N) is 1. The van der Waals surface area contributed by atoms with Gasteiger partial charge in [-0.2, -0.15) is 0 Å². The molecule has 1 aliphatic rings. The Bertz CT molecular complexity index is 562. The van der Waals surface area contributed by atoms with Gasteiger partial charge in [0.25, 0.3) is 0 Å². The van der Waals surface area contributed by atoms with Crippen LogP contribution in [0.5, 0.6) is 0 Å². The third kappa shape index (κ3) is 4.71. The monoisotopic (exact) mass is 351 g/mol. The number of piperazine rings is 1. The molecule has 2 rings (SSSR count). The van der Waals surface area contributed by atoms with Gasteiger partial charge in [0, 0.05) is 23.7 Å². The summed E-state index contributed by atoms with van der Waals surface area (Å²) in [5.74, 6) is -0.0168. The summed E-state index contributed by atoms with van der Waals surface area (Å²) < 4.78 is 0. The maximum atomic E-state index is 12.6. The molecule has 1 aliphatic heterocycles. The first-order valence-electron chi connectivity index (χ1n) is 8.62. The van der Waals surface area contributed by atoms with Gasteiger partial charge >= 0.3 is 0 Å². The van der Waals surface area contributed by atoms with Gasteiger partial charge in [-0.25, -0.2) is 0 Å². The molecule has 24 heavy (non-hydrogen) atoms. The van der Waals surface area contributed by atoms with Gasteiger partial charge in [-0.05, 0) is 43.7 Å². The maximum absolute atomic E-state index is 12.6. The van der Waals surface area contributed by atoms with E-state index in [0.29, 0.717) is 31.0 Å². The van der Waals surface area contributed by atoms with E-state index in [4.69, 9.17) is 17.3 Å². The van der Waals surface area contributed by atoms with Gasteiger partial charge in [0.05, 0.1) is 6.04 Å². The highest BCUT2D eigenvalue weighted by Crippen LogP contribution is 2.24. The molecule has 132 valence electrons. The molecule has 0 aliphatic carbocycles. The Morgan fingerprint density at radius 1 is 1.29 bits per heavy atom. The largest absolute Gasteiger partial charge is 0.330 e. The van der Waals surface area contributed by atoms with Crippen molar-refractivity contribution >= 4 is 29.1 Å². The van der Waals surface area contributed by atoms with Crippen molar-refractivity contribution in [1.29, 1.82) is 0 Å². The van der Waals surface area contributed by atoms with E-state index >= 15 is 0 Å². The summed E-state index contributed by atoms with van der Waals surface area (Å²) in [5.41, 5.74) is 6.34. The Morgan fingerprint density at radius 3 is 2.62 bits per heavy atom. The van der Waals surface area contributed by atoms with Crippen LogP contribution in [0.4, 0.5) is 5.69 Å². The van der Waals surface area contributed by atoms with Gasteiger partial charge in [-0.1, -0.05) is 31.4 Å². The molecule has 0 bridgehead atoms. The third-order valence-electron chi connectivity index (χ3n) is 4.39. The van der Waals surface area contributed by atoms with Crippen LogP contribution in [0.15, 0.2) is 24.3 Å². The smallest absolute Gasteiger partial charge is 0.246 e. The molecule has 0 saturated carbocycles. The van der Waals surface area contributed by atoms with Crippen molar-refractivity contribution in [3.05, 3.63) is 29.3 Å². The Hall–Kier alpha value is -1.59. The van der Waals surface area contributed by atoms with Gasteiger partial charge in [-0.15, -0.1) is 0 Å². The number of nitrogens with zero attached hydrogens (tertiary/aromatic N) is 2. The fourth-order valence-electron chi connectivity index (χ4n) is 3.02. The quantitative estimate of drug-likeness (QED) is 0.821. The number of hydrogen-bond acceptors (Lipinski definition) is 3. The van der Waals surface area contributed by atoms with Crippen molar-refractivity contribution in [2.24, 2.45) is 5.73 Å². The lowest BCUT2D eigenvalue weighted by Crippen LogP contribution is -2.58. The SMILES string of the molecule is CCCC[C@H]1CN(c2ccc(Cl)cc2)C(=O)CN1C(=O)CCCN. The summed E-state index contributed by atoms with van der Waals surface area (Å²) in [7, 11) is 0. The minimum atomic E-state index is -0.0498. The summed E-state index contributed by atoms with van der Waals surface area (Å²) in [4.78, 5) is 28.5. The van der Waals surface area contributed by atoms with E-state index in [0.717, 1.165) is 24.9 Å². The van der Waals surface area contributed by atoms with E-state index < -0.39 is 0 Å². The molecule has 5 nitrogen and oxygen atoms in total. The molecule has 0 radical (unpaired) electrons. The van der Waals surface area contributed by atoms with Crippen molar-refractivity contribution < 1.29 is 9.59 Å². The molecule has 1 aromatic rings. The summed E-state index contributed by atoms with van der Waals surface area (Å²) >= 11 is 5.93. The fourth-order valence-corrected chi connectivity index (χ4v) is 3.14. The van der Waals surface area contributed by atoms with Crippen LogP contribution >= 0.6 is 11.6 Å². The summed E-state index contributed by atoms with van der Waals surface area (Å²) in [6, 6.07) is 7.32. The van der Waals surface area contributed by atoms with Crippen LogP contribution in [0.1, 0.15) is 39.0 Å². The predicted octanol–water partition coefficient (Wildman–Crippen LogP) is 2.81. The van der Waals surface area contributed by atoms with E-state index in [1.807, 2.05) is 12.1 Å². The van der Waals surface area contributed by atoms with Crippen LogP contribution in [0, 0.1) is 0 Å². The number of amides is 2. The normalized spacial score (nSPS) is 18.1. The Kier molecular flexibility index (Phi) is 7.06. The lowest BCUT2D eigenvalue weighted by Gasteiger charge is -2.41. The van der Waals surface area contributed by atoms with Crippen LogP contribution in [-0.4, -0.2) is 42.4 Å². The van der Waals surface area contributed by atoms with Gasteiger partial charge in [-0.3, -0.25) is 9.59 Å². The highest BCUT2D eigenvalue weighted by Gasteiger charge is 2.34. The van der Waals surface area contributed by atoms with Crippen molar-refractivity contribution in [3.63, 3.8) is 0 Å². The lowest BCUT2D eigenvalue weighted by molar-refractivity contribution is -0.140. The fraction of sp³-hybridized carbons (Fsp3) is 0.556. The molecule has 0 unspecified atom stereocenters. The van der Waals surface area contributed by atoms with E-state index in [1.54, 1.807) is 21.9 Å². The predicted molar refractivity (Wildman–Crippen MR) is 97.1 cm³/mol. The highest BCUT2D eigenvalue weighted by molar-refractivity contribution is 6.30. The molecule has 6 heteroatoms. The van der Waals surface area contributed by atoms with Crippen molar-refractivity contribution in [2.75, 3.05) is 24.5 Å². The average molecular weight is 352 g/mol. The molecule has 1 fully saturated rings.